The number of nitrogens with two attached hydrogens (primary N) is 1. The van der Waals surface area contributed by atoms with Crippen molar-refractivity contribution in [2.45, 2.75) is 37.9 Å². The summed E-state index contributed by atoms with van der Waals surface area (Å²) in [4.78, 5) is 0. The Bertz CT molecular complexity index is 108. The Morgan fingerprint density at radius 3 is 2.91 bits per heavy atom. The van der Waals surface area contributed by atoms with Gasteiger partial charge in [0.25, 0.3) is 0 Å². The first-order valence-corrected chi connectivity index (χ1v) is 4.32. The smallest absolute Gasteiger partial charge is 0.0600 e. The van der Waals surface area contributed by atoms with Crippen LogP contribution in [-0.2, 0) is 4.74 Å². The normalized spacial score (nSPS) is 32.2. The second-order valence-electron chi connectivity index (χ2n) is 3.10. The molecule has 2 unspecified atom stereocenters. The Morgan fingerprint density at radius 1 is 1.45 bits per heavy atom. The molecule has 3 heteroatoms. The minimum atomic E-state index is -0.147. The largest absolute Gasteiger partial charge is 0.393 e. The van der Waals surface area contributed by atoms with E-state index in [2.05, 4.69) is 0 Å². The average molecular weight is 159 g/mol. The van der Waals surface area contributed by atoms with E-state index < -0.39 is 0 Å². The predicted octanol–water partition coefficient (Wildman–Crippen LogP) is 0.265. The summed E-state index contributed by atoms with van der Waals surface area (Å²) in [6, 6.07) is 0. The van der Waals surface area contributed by atoms with Gasteiger partial charge in [-0.3, -0.25) is 0 Å². The van der Waals surface area contributed by atoms with Gasteiger partial charge in [0.2, 0.25) is 0 Å². The monoisotopic (exact) mass is 159 g/mol. The third-order valence-electron chi connectivity index (χ3n) is 2.07. The molecule has 11 heavy (non-hydrogen) atoms. The standard InChI is InChI=1S/C8H17NO2/c9-4-5-11-8-3-1-2-7(10)6-8/h7-8,10H,1-6,9H2. The molecule has 3 N–H and O–H groups in total. The van der Waals surface area contributed by atoms with E-state index in [0.717, 1.165) is 25.7 Å². The fourth-order valence-electron chi connectivity index (χ4n) is 1.51. The molecule has 0 aromatic carbocycles. The molecule has 0 aliphatic heterocycles. The lowest BCUT2D eigenvalue weighted by Crippen LogP contribution is -2.27. The minimum absolute atomic E-state index is 0.147. The van der Waals surface area contributed by atoms with Crippen LogP contribution in [0, 0.1) is 0 Å². The Kier molecular flexibility index (Phi) is 3.83. The maximum absolute atomic E-state index is 9.27. The zero-order chi connectivity index (χ0) is 8.10. The molecule has 0 aromatic heterocycles. The number of rotatable bonds is 3. The fraction of sp³-hybridized carbons (Fsp3) is 1.00. The molecule has 0 spiro atoms. The van der Waals surface area contributed by atoms with E-state index in [0.29, 0.717) is 13.2 Å². The third kappa shape index (κ3) is 3.18. The second kappa shape index (κ2) is 4.70. The first kappa shape index (κ1) is 8.97. The molecular weight excluding hydrogens is 142 g/mol. The second-order valence-corrected chi connectivity index (χ2v) is 3.10. The molecule has 0 bridgehead atoms. The summed E-state index contributed by atoms with van der Waals surface area (Å²) in [5.41, 5.74) is 5.29. The van der Waals surface area contributed by atoms with Crippen LogP contribution in [0.3, 0.4) is 0 Å². The van der Waals surface area contributed by atoms with Gasteiger partial charge in [-0.2, -0.15) is 0 Å². The summed E-state index contributed by atoms with van der Waals surface area (Å²) >= 11 is 0. The van der Waals surface area contributed by atoms with Crippen LogP contribution in [0.4, 0.5) is 0 Å². The number of aliphatic hydroxyl groups excluding tert-OH is 1. The molecule has 2 atom stereocenters. The van der Waals surface area contributed by atoms with Gasteiger partial charge in [0.15, 0.2) is 0 Å². The lowest BCUT2D eigenvalue weighted by molar-refractivity contribution is -0.0113. The Hall–Kier alpha value is -0.120. The zero-order valence-corrected chi connectivity index (χ0v) is 6.83. The van der Waals surface area contributed by atoms with E-state index in [1.54, 1.807) is 0 Å². The first-order chi connectivity index (χ1) is 5.33. The molecule has 1 saturated carbocycles. The zero-order valence-electron chi connectivity index (χ0n) is 6.83. The highest BCUT2D eigenvalue weighted by molar-refractivity contribution is 4.72. The Labute approximate surface area is 67.5 Å². The lowest BCUT2D eigenvalue weighted by Gasteiger charge is -2.25. The maximum Gasteiger partial charge on any atom is 0.0600 e. The van der Waals surface area contributed by atoms with Crippen molar-refractivity contribution in [2.75, 3.05) is 13.2 Å². The molecule has 1 aliphatic carbocycles. The Balaban J connectivity index is 2.12. The van der Waals surface area contributed by atoms with Gasteiger partial charge < -0.3 is 15.6 Å². The van der Waals surface area contributed by atoms with Gasteiger partial charge in [0.1, 0.15) is 0 Å². The molecule has 3 nitrogen and oxygen atoms in total. The highest BCUT2D eigenvalue weighted by Gasteiger charge is 2.19. The number of ether oxygens (including phenoxy) is 1. The van der Waals surface area contributed by atoms with Crippen LogP contribution in [0.1, 0.15) is 25.7 Å². The first-order valence-electron chi connectivity index (χ1n) is 4.32. The van der Waals surface area contributed by atoms with Crippen LogP contribution in [0.5, 0.6) is 0 Å². The molecule has 1 rings (SSSR count). The van der Waals surface area contributed by atoms with E-state index >= 15 is 0 Å². The van der Waals surface area contributed by atoms with Gasteiger partial charge >= 0.3 is 0 Å². The molecule has 0 heterocycles. The molecule has 0 radical (unpaired) electrons. The van der Waals surface area contributed by atoms with Crippen LogP contribution < -0.4 is 5.73 Å². The summed E-state index contributed by atoms with van der Waals surface area (Å²) in [7, 11) is 0. The lowest BCUT2D eigenvalue weighted by atomic mass is 9.95. The van der Waals surface area contributed by atoms with E-state index in [-0.39, 0.29) is 12.2 Å². The number of aliphatic hydroxyl groups is 1. The van der Waals surface area contributed by atoms with E-state index in [9.17, 15) is 5.11 Å². The fourth-order valence-corrected chi connectivity index (χ4v) is 1.51. The number of hydrogen-bond acceptors (Lipinski definition) is 3. The van der Waals surface area contributed by atoms with Crippen molar-refractivity contribution in [1.82, 2.24) is 0 Å². The molecular formula is C8H17NO2. The van der Waals surface area contributed by atoms with Crippen molar-refractivity contribution in [2.24, 2.45) is 5.73 Å². The quantitative estimate of drug-likeness (QED) is 0.621. The van der Waals surface area contributed by atoms with Crippen LogP contribution >= 0.6 is 0 Å². The van der Waals surface area contributed by atoms with Gasteiger partial charge in [0, 0.05) is 6.54 Å². The van der Waals surface area contributed by atoms with Gasteiger partial charge in [-0.1, -0.05) is 0 Å². The summed E-state index contributed by atoms with van der Waals surface area (Å²) in [6.07, 6.45) is 3.99. The van der Waals surface area contributed by atoms with Crippen LogP contribution in [0.25, 0.3) is 0 Å². The van der Waals surface area contributed by atoms with Crippen molar-refractivity contribution >= 4 is 0 Å². The summed E-state index contributed by atoms with van der Waals surface area (Å²) in [5.74, 6) is 0. The average Bonchev–Trinajstić information content (AvgIpc) is 2.01. The minimum Gasteiger partial charge on any atom is -0.393 e. The third-order valence-corrected chi connectivity index (χ3v) is 2.07. The van der Waals surface area contributed by atoms with E-state index in [1.807, 2.05) is 0 Å². The van der Waals surface area contributed by atoms with Crippen molar-refractivity contribution in [1.29, 1.82) is 0 Å². The molecule has 0 amide bonds. The topological polar surface area (TPSA) is 55.5 Å². The van der Waals surface area contributed by atoms with E-state index in [1.165, 1.54) is 0 Å². The van der Waals surface area contributed by atoms with Gasteiger partial charge in [0.05, 0.1) is 18.8 Å². The summed E-state index contributed by atoms with van der Waals surface area (Å²) < 4.78 is 5.42. The summed E-state index contributed by atoms with van der Waals surface area (Å²) in [6.45, 7) is 1.20. The molecule has 1 aliphatic rings. The van der Waals surface area contributed by atoms with Crippen molar-refractivity contribution < 1.29 is 9.84 Å². The van der Waals surface area contributed by atoms with Crippen molar-refractivity contribution in [3.8, 4) is 0 Å². The predicted molar refractivity (Wildman–Crippen MR) is 43.3 cm³/mol. The highest BCUT2D eigenvalue weighted by atomic mass is 16.5. The van der Waals surface area contributed by atoms with Crippen molar-refractivity contribution in [3.63, 3.8) is 0 Å². The molecule has 0 saturated heterocycles. The Morgan fingerprint density at radius 2 is 2.27 bits per heavy atom. The van der Waals surface area contributed by atoms with E-state index in [4.69, 9.17) is 10.5 Å². The van der Waals surface area contributed by atoms with Crippen molar-refractivity contribution in [3.05, 3.63) is 0 Å². The molecule has 0 aromatic rings. The summed E-state index contributed by atoms with van der Waals surface area (Å²) in [5, 5.41) is 9.27. The number of hydrogen-bond donors (Lipinski definition) is 2. The van der Waals surface area contributed by atoms with Crippen LogP contribution in [-0.4, -0.2) is 30.5 Å². The van der Waals surface area contributed by atoms with Crippen LogP contribution in [0.15, 0.2) is 0 Å². The van der Waals surface area contributed by atoms with Gasteiger partial charge in [-0.15, -0.1) is 0 Å². The molecule has 66 valence electrons. The van der Waals surface area contributed by atoms with Crippen LogP contribution in [0.2, 0.25) is 0 Å². The molecule has 1 fully saturated rings. The SMILES string of the molecule is NCCOC1CCCC(O)C1. The van der Waals surface area contributed by atoms with Gasteiger partial charge in [-0.05, 0) is 25.7 Å². The maximum atomic E-state index is 9.27. The highest BCUT2D eigenvalue weighted by Crippen LogP contribution is 2.20. The van der Waals surface area contributed by atoms with Gasteiger partial charge in [-0.25, -0.2) is 0 Å².